The van der Waals surface area contributed by atoms with Gasteiger partial charge in [-0.1, -0.05) is 29.3 Å². The number of nitrogens with zero attached hydrogens (tertiary/aromatic N) is 1. The van der Waals surface area contributed by atoms with E-state index in [1.165, 1.54) is 24.3 Å². The second-order valence-corrected chi connectivity index (χ2v) is 5.18. The van der Waals surface area contributed by atoms with Gasteiger partial charge in [0.05, 0.1) is 5.69 Å². The van der Waals surface area contributed by atoms with Gasteiger partial charge in [0.2, 0.25) is 0 Å². The van der Waals surface area contributed by atoms with Crippen molar-refractivity contribution in [3.8, 4) is 0 Å². The summed E-state index contributed by atoms with van der Waals surface area (Å²) in [6.45, 7) is 0. The van der Waals surface area contributed by atoms with E-state index in [1.807, 2.05) is 0 Å². The second kappa shape index (κ2) is 5.86. The van der Waals surface area contributed by atoms with E-state index in [0.717, 1.165) is 0 Å². The van der Waals surface area contributed by atoms with Crippen LogP contribution in [0.25, 0.3) is 0 Å². The minimum atomic E-state index is -0.547. The molecule has 0 aliphatic heterocycles. The van der Waals surface area contributed by atoms with Crippen LogP contribution in [-0.2, 0) is 0 Å². The van der Waals surface area contributed by atoms with Crippen molar-refractivity contribution in [2.45, 2.75) is 0 Å². The highest BCUT2D eigenvalue weighted by Crippen LogP contribution is 2.26. The molecular weight excluding hydrogens is 358 g/mol. The lowest BCUT2D eigenvalue weighted by atomic mass is 10.2. The average Bonchev–Trinajstić information content (AvgIpc) is 2.32. The Morgan fingerprint density at radius 3 is 2.47 bits per heavy atom. The molecule has 0 aliphatic carbocycles. The number of amides is 1. The van der Waals surface area contributed by atoms with Crippen LogP contribution in [0.2, 0.25) is 10.3 Å². The molecule has 1 aromatic heterocycles. The van der Waals surface area contributed by atoms with Crippen LogP contribution in [0.5, 0.6) is 0 Å². The van der Waals surface area contributed by atoms with E-state index in [4.69, 9.17) is 23.2 Å². The van der Waals surface area contributed by atoms with Gasteiger partial charge in [0.1, 0.15) is 16.1 Å². The lowest BCUT2D eigenvalue weighted by molar-refractivity contribution is 0.102. The summed E-state index contributed by atoms with van der Waals surface area (Å²) in [4.78, 5) is 15.7. The number of anilines is 1. The molecule has 0 saturated carbocycles. The number of hydrogen-bond acceptors (Lipinski definition) is 2. The second-order valence-electron chi connectivity index (χ2n) is 3.55. The van der Waals surface area contributed by atoms with E-state index in [2.05, 4.69) is 26.2 Å². The van der Waals surface area contributed by atoms with E-state index >= 15 is 0 Å². The number of benzene rings is 1. The molecule has 0 radical (unpaired) electrons. The number of carbonyl (C=O) groups is 1. The van der Waals surface area contributed by atoms with Crippen molar-refractivity contribution in [1.29, 1.82) is 0 Å². The summed E-state index contributed by atoms with van der Waals surface area (Å²) in [6.07, 6.45) is 0. The Kier molecular flexibility index (Phi) is 4.39. The first-order valence-corrected chi connectivity index (χ1v) is 6.60. The van der Waals surface area contributed by atoms with Crippen LogP contribution in [0, 0.1) is 5.82 Å². The highest BCUT2D eigenvalue weighted by Gasteiger charge is 2.13. The van der Waals surface area contributed by atoms with Gasteiger partial charge in [0, 0.05) is 10.0 Å². The van der Waals surface area contributed by atoms with Gasteiger partial charge in [-0.05, 0) is 40.2 Å². The quantitative estimate of drug-likeness (QED) is 0.795. The van der Waals surface area contributed by atoms with Crippen LogP contribution in [0.4, 0.5) is 10.1 Å². The summed E-state index contributed by atoms with van der Waals surface area (Å²) >= 11 is 14.6. The maximum absolute atomic E-state index is 13.6. The summed E-state index contributed by atoms with van der Waals surface area (Å²) < 4.78 is 14.0. The third-order valence-electron chi connectivity index (χ3n) is 2.23. The molecule has 98 valence electrons. The normalized spacial score (nSPS) is 10.3. The molecule has 3 nitrogen and oxygen atoms in total. The molecule has 0 bridgehead atoms. The molecule has 0 atom stereocenters. The SMILES string of the molecule is O=C(Nc1c(F)cccc1Br)c1cc(Cl)nc(Cl)c1. The number of carbonyl (C=O) groups excluding carboxylic acids is 1. The van der Waals surface area contributed by atoms with Gasteiger partial charge < -0.3 is 5.32 Å². The summed E-state index contributed by atoms with van der Waals surface area (Å²) in [5.41, 5.74) is 0.247. The lowest BCUT2D eigenvalue weighted by Crippen LogP contribution is -2.13. The van der Waals surface area contributed by atoms with Crippen molar-refractivity contribution in [1.82, 2.24) is 4.98 Å². The average molecular weight is 364 g/mol. The van der Waals surface area contributed by atoms with E-state index in [9.17, 15) is 9.18 Å². The Hall–Kier alpha value is -1.17. The van der Waals surface area contributed by atoms with Gasteiger partial charge in [-0.15, -0.1) is 0 Å². The van der Waals surface area contributed by atoms with Gasteiger partial charge in [0.15, 0.2) is 0 Å². The molecule has 0 fully saturated rings. The first kappa shape index (κ1) is 14.2. The van der Waals surface area contributed by atoms with Crippen molar-refractivity contribution < 1.29 is 9.18 Å². The highest BCUT2D eigenvalue weighted by atomic mass is 79.9. The summed E-state index contributed by atoms with van der Waals surface area (Å²) in [7, 11) is 0. The number of para-hydroxylation sites is 1. The maximum atomic E-state index is 13.6. The number of pyridine rings is 1. The van der Waals surface area contributed by atoms with Crippen LogP contribution < -0.4 is 5.32 Å². The largest absolute Gasteiger partial charge is 0.319 e. The van der Waals surface area contributed by atoms with Crippen LogP contribution in [0.15, 0.2) is 34.8 Å². The fourth-order valence-corrected chi connectivity index (χ4v) is 2.30. The zero-order chi connectivity index (χ0) is 14.0. The zero-order valence-corrected chi connectivity index (χ0v) is 12.4. The molecule has 7 heteroatoms. The molecule has 2 rings (SSSR count). The van der Waals surface area contributed by atoms with Crippen LogP contribution in [0.3, 0.4) is 0 Å². The molecular formula is C12H6BrCl2FN2O. The molecule has 19 heavy (non-hydrogen) atoms. The summed E-state index contributed by atoms with van der Waals surface area (Å²) in [5.74, 6) is -1.08. The van der Waals surface area contributed by atoms with Gasteiger partial charge in [-0.3, -0.25) is 4.79 Å². The molecule has 2 aromatic rings. The van der Waals surface area contributed by atoms with Gasteiger partial charge in [0.25, 0.3) is 5.91 Å². The number of halogens is 4. The third-order valence-corrected chi connectivity index (χ3v) is 3.27. The van der Waals surface area contributed by atoms with Gasteiger partial charge in [-0.2, -0.15) is 0 Å². The Balaban J connectivity index is 2.31. The van der Waals surface area contributed by atoms with Crippen molar-refractivity contribution >= 4 is 50.7 Å². The fraction of sp³-hybridized carbons (Fsp3) is 0. The molecule has 0 unspecified atom stereocenters. The zero-order valence-electron chi connectivity index (χ0n) is 9.25. The van der Waals surface area contributed by atoms with Gasteiger partial charge >= 0.3 is 0 Å². The summed E-state index contributed by atoms with van der Waals surface area (Å²) in [5, 5.41) is 2.62. The molecule has 0 aliphatic rings. The van der Waals surface area contributed by atoms with Crippen molar-refractivity contribution in [2.75, 3.05) is 5.32 Å². The van der Waals surface area contributed by atoms with Crippen LogP contribution in [-0.4, -0.2) is 10.9 Å². The maximum Gasteiger partial charge on any atom is 0.255 e. The molecule has 1 amide bonds. The van der Waals surface area contributed by atoms with Crippen molar-refractivity contribution in [3.63, 3.8) is 0 Å². The standard InChI is InChI=1S/C12H6BrCl2FN2O/c13-7-2-1-3-8(16)11(7)18-12(19)6-4-9(14)17-10(15)5-6/h1-5H,(H,18,19). The first-order valence-electron chi connectivity index (χ1n) is 5.06. The Bertz CT molecular complexity index is 611. The Labute approximate surface area is 126 Å². The molecule has 0 spiro atoms. The minimum absolute atomic E-state index is 0.0524. The van der Waals surface area contributed by atoms with Crippen molar-refractivity contribution in [3.05, 3.63) is 56.5 Å². The van der Waals surface area contributed by atoms with Gasteiger partial charge in [-0.25, -0.2) is 9.37 Å². The predicted molar refractivity (Wildman–Crippen MR) is 76.3 cm³/mol. The smallest absolute Gasteiger partial charge is 0.255 e. The molecule has 1 aromatic carbocycles. The third kappa shape index (κ3) is 3.43. The predicted octanol–water partition coefficient (Wildman–Crippen LogP) is 4.54. The number of rotatable bonds is 2. The van der Waals surface area contributed by atoms with E-state index in [0.29, 0.717) is 4.47 Å². The topological polar surface area (TPSA) is 42.0 Å². The monoisotopic (exact) mass is 362 g/mol. The van der Waals surface area contributed by atoms with E-state index in [1.54, 1.807) is 6.07 Å². The van der Waals surface area contributed by atoms with Crippen molar-refractivity contribution in [2.24, 2.45) is 0 Å². The van der Waals surface area contributed by atoms with E-state index < -0.39 is 11.7 Å². The summed E-state index contributed by atoms with van der Waals surface area (Å²) in [6, 6.07) is 7.07. The minimum Gasteiger partial charge on any atom is -0.319 e. The fourth-order valence-electron chi connectivity index (χ4n) is 1.40. The molecule has 1 N–H and O–H groups in total. The van der Waals surface area contributed by atoms with Crippen LogP contribution >= 0.6 is 39.1 Å². The molecule has 1 heterocycles. The lowest BCUT2D eigenvalue weighted by Gasteiger charge is -2.08. The number of hydrogen-bond donors (Lipinski definition) is 1. The van der Waals surface area contributed by atoms with Crippen LogP contribution in [0.1, 0.15) is 10.4 Å². The molecule has 0 saturated heterocycles. The Morgan fingerprint density at radius 2 is 1.89 bits per heavy atom. The first-order chi connectivity index (χ1) is 8.97. The number of aromatic nitrogens is 1. The van der Waals surface area contributed by atoms with E-state index in [-0.39, 0.29) is 21.6 Å². The highest BCUT2D eigenvalue weighted by molar-refractivity contribution is 9.10. The Morgan fingerprint density at radius 1 is 1.26 bits per heavy atom. The number of nitrogens with one attached hydrogen (secondary N) is 1.